The Morgan fingerprint density at radius 2 is 1.64 bits per heavy atom. The van der Waals surface area contributed by atoms with Gasteiger partial charge >= 0.3 is 0 Å². The molecule has 0 saturated carbocycles. The molecule has 0 aromatic heterocycles. The molecular weight excluding hydrogens is 345 g/mol. The van der Waals surface area contributed by atoms with E-state index in [1.165, 1.54) is 17.0 Å². The van der Waals surface area contributed by atoms with Crippen LogP contribution in [0.2, 0.25) is 5.02 Å². The number of carbonyl (C=O) groups excluding carboxylic acids is 2. The first kappa shape index (κ1) is 18.9. The second-order valence-corrected chi connectivity index (χ2v) is 6.20. The summed E-state index contributed by atoms with van der Waals surface area (Å²) in [6.45, 7) is 1.75. The highest BCUT2D eigenvalue weighted by atomic mass is 35.5. The van der Waals surface area contributed by atoms with Gasteiger partial charge in [0, 0.05) is 10.7 Å². The average molecular weight is 364 g/mol. The lowest BCUT2D eigenvalue weighted by atomic mass is 10.2. The Balaban J connectivity index is 1.82. The smallest absolute Gasteiger partial charge is 0.238 e. The maximum absolute atomic E-state index is 13.7. The molecule has 0 unspecified atom stereocenters. The fourth-order valence-electron chi connectivity index (χ4n) is 2.19. The highest BCUT2D eigenvalue weighted by Gasteiger charge is 2.12. The first-order valence-electron chi connectivity index (χ1n) is 7.63. The van der Waals surface area contributed by atoms with Crippen molar-refractivity contribution >= 4 is 34.8 Å². The Bertz CT molecular complexity index is 765. The highest BCUT2D eigenvalue weighted by Crippen LogP contribution is 2.15. The van der Waals surface area contributed by atoms with Crippen LogP contribution in [-0.4, -0.2) is 36.9 Å². The molecule has 2 N–H and O–H groups in total. The molecule has 0 aliphatic carbocycles. The number of likely N-dealkylation sites (N-methyl/N-ethyl adjacent to an activating group) is 1. The Labute approximate surface area is 150 Å². The van der Waals surface area contributed by atoms with Gasteiger partial charge in [0.05, 0.1) is 18.8 Å². The summed E-state index contributed by atoms with van der Waals surface area (Å²) in [6.07, 6.45) is 0. The summed E-state index contributed by atoms with van der Waals surface area (Å²) < 4.78 is 13.7. The van der Waals surface area contributed by atoms with E-state index in [0.29, 0.717) is 10.7 Å². The molecular formula is C18H19ClFN3O2. The molecule has 0 bridgehead atoms. The van der Waals surface area contributed by atoms with Crippen molar-refractivity contribution in [2.24, 2.45) is 0 Å². The van der Waals surface area contributed by atoms with Crippen LogP contribution in [0.1, 0.15) is 5.56 Å². The molecule has 0 fully saturated rings. The summed E-state index contributed by atoms with van der Waals surface area (Å²) in [7, 11) is 1.63. The minimum absolute atomic E-state index is 0.0203. The van der Waals surface area contributed by atoms with Crippen LogP contribution in [0.3, 0.4) is 0 Å². The predicted octanol–water partition coefficient (Wildman–Crippen LogP) is 3.30. The molecule has 0 radical (unpaired) electrons. The van der Waals surface area contributed by atoms with Crippen LogP contribution in [0.25, 0.3) is 0 Å². The predicted molar refractivity (Wildman–Crippen MR) is 97.3 cm³/mol. The SMILES string of the molecule is Cc1ccc(NC(=O)CN(C)CC(=O)Nc2ccc(Cl)cc2)c(F)c1. The second-order valence-electron chi connectivity index (χ2n) is 5.76. The normalized spacial score (nSPS) is 10.6. The van der Waals surface area contributed by atoms with Crippen molar-refractivity contribution in [3.05, 3.63) is 58.9 Å². The topological polar surface area (TPSA) is 61.4 Å². The van der Waals surface area contributed by atoms with Crippen LogP contribution in [0.15, 0.2) is 42.5 Å². The number of rotatable bonds is 6. The van der Waals surface area contributed by atoms with Gasteiger partial charge in [0.2, 0.25) is 11.8 Å². The molecule has 0 aliphatic heterocycles. The van der Waals surface area contributed by atoms with E-state index in [0.717, 1.165) is 5.56 Å². The number of halogens is 2. The van der Waals surface area contributed by atoms with Gasteiger partial charge in [-0.15, -0.1) is 0 Å². The number of amides is 2. The summed E-state index contributed by atoms with van der Waals surface area (Å²) in [4.78, 5) is 25.5. The first-order chi connectivity index (χ1) is 11.8. The van der Waals surface area contributed by atoms with Crippen LogP contribution >= 0.6 is 11.6 Å². The van der Waals surface area contributed by atoms with Crippen molar-refractivity contribution in [1.29, 1.82) is 0 Å². The van der Waals surface area contributed by atoms with Crippen LogP contribution in [0.5, 0.6) is 0 Å². The highest BCUT2D eigenvalue weighted by molar-refractivity contribution is 6.30. The molecule has 5 nitrogen and oxygen atoms in total. The van der Waals surface area contributed by atoms with Crippen LogP contribution in [-0.2, 0) is 9.59 Å². The van der Waals surface area contributed by atoms with Crippen LogP contribution in [0.4, 0.5) is 15.8 Å². The third-order valence-corrected chi connectivity index (χ3v) is 3.61. The van der Waals surface area contributed by atoms with Crippen molar-refractivity contribution in [2.45, 2.75) is 6.92 Å². The third kappa shape index (κ3) is 6.17. The molecule has 2 amide bonds. The molecule has 0 aliphatic rings. The standard InChI is InChI=1S/C18H19ClFN3O2/c1-12-3-8-16(15(20)9-12)22-18(25)11-23(2)10-17(24)21-14-6-4-13(19)5-7-14/h3-9H,10-11H2,1-2H3,(H,21,24)(H,22,25). The van der Waals surface area contributed by atoms with E-state index in [1.54, 1.807) is 44.3 Å². The van der Waals surface area contributed by atoms with Crippen molar-refractivity contribution in [3.8, 4) is 0 Å². The van der Waals surface area contributed by atoms with Gasteiger partial charge in [0.15, 0.2) is 0 Å². The summed E-state index contributed by atoms with van der Waals surface area (Å²) in [5.74, 6) is -1.15. The monoisotopic (exact) mass is 363 g/mol. The van der Waals surface area contributed by atoms with Gasteiger partial charge in [-0.1, -0.05) is 17.7 Å². The van der Waals surface area contributed by atoms with Gasteiger partial charge in [-0.25, -0.2) is 4.39 Å². The number of aryl methyl sites for hydroxylation is 1. The third-order valence-electron chi connectivity index (χ3n) is 3.35. The maximum atomic E-state index is 13.7. The van der Waals surface area contributed by atoms with Gasteiger partial charge in [-0.2, -0.15) is 0 Å². The minimum Gasteiger partial charge on any atom is -0.325 e. The number of carbonyl (C=O) groups is 2. The van der Waals surface area contributed by atoms with Gasteiger partial charge in [0.1, 0.15) is 5.82 Å². The molecule has 7 heteroatoms. The van der Waals surface area contributed by atoms with E-state index >= 15 is 0 Å². The molecule has 25 heavy (non-hydrogen) atoms. The summed E-state index contributed by atoms with van der Waals surface area (Å²) >= 11 is 5.78. The molecule has 0 atom stereocenters. The average Bonchev–Trinajstić information content (AvgIpc) is 2.52. The Morgan fingerprint density at radius 3 is 2.24 bits per heavy atom. The summed E-state index contributed by atoms with van der Waals surface area (Å²) in [5.41, 5.74) is 1.51. The van der Waals surface area contributed by atoms with E-state index in [1.807, 2.05) is 0 Å². The zero-order valence-electron chi connectivity index (χ0n) is 14.0. The lowest BCUT2D eigenvalue weighted by Gasteiger charge is -2.16. The number of anilines is 2. The van der Waals surface area contributed by atoms with Crippen molar-refractivity contribution in [2.75, 3.05) is 30.8 Å². The number of nitrogens with zero attached hydrogens (tertiary/aromatic N) is 1. The molecule has 2 aromatic rings. The van der Waals surface area contributed by atoms with E-state index in [9.17, 15) is 14.0 Å². The largest absolute Gasteiger partial charge is 0.325 e. The lowest BCUT2D eigenvalue weighted by Crippen LogP contribution is -2.36. The Morgan fingerprint density at radius 1 is 1.04 bits per heavy atom. The molecule has 2 aromatic carbocycles. The fourth-order valence-corrected chi connectivity index (χ4v) is 2.32. The molecule has 2 rings (SSSR count). The van der Waals surface area contributed by atoms with Gasteiger partial charge in [-0.05, 0) is 55.9 Å². The van der Waals surface area contributed by atoms with E-state index in [2.05, 4.69) is 10.6 Å². The fraction of sp³-hybridized carbons (Fsp3) is 0.222. The van der Waals surface area contributed by atoms with Crippen molar-refractivity contribution in [1.82, 2.24) is 4.90 Å². The number of benzene rings is 2. The van der Waals surface area contributed by atoms with E-state index in [4.69, 9.17) is 11.6 Å². The number of nitrogens with one attached hydrogen (secondary N) is 2. The second kappa shape index (κ2) is 8.60. The zero-order chi connectivity index (χ0) is 18.4. The summed E-state index contributed by atoms with van der Waals surface area (Å²) in [5, 5.41) is 5.78. The quantitative estimate of drug-likeness (QED) is 0.827. The number of hydrogen-bond acceptors (Lipinski definition) is 3. The minimum atomic E-state index is -0.489. The first-order valence-corrected chi connectivity index (χ1v) is 8.01. The van der Waals surface area contributed by atoms with Crippen LogP contribution < -0.4 is 10.6 Å². The number of hydrogen-bond donors (Lipinski definition) is 2. The van der Waals surface area contributed by atoms with Crippen LogP contribution in [0, 0.1) is 12.7 Å². The Kier molecular flexibility index (Phi) is 6.50. The van der Waals surface area contributed by atoms with Gasteiger partial charge < -0.3 is 10.6 Å². The molecule has 0 heterocycles. The van der Waals surface area contributed by atoms with Crippen molar-refractivity contribution in [3.63, 3.8) is 0 Å². The molecule has 0 spiro atoms. The maximum Gasteiger partial charge on any atom is 0.238 e. The van der Waals surface area contributed by atoms with Crippen molar-refractivity contribution < 1.29 is 14.0 Å². The zero-order valence-corrected chi connectivity index (χ0v) is 14.7. The van der Waals surface area contributed by atoms with Gasteiger partial charge in [0.25, 0.3) is 0 Å². The Hall–Kier alpha value is -2.44. The summed E-state index contributed by atoms with van der Waals surface area (Å²) in [6, 6.07) is 11.3. The van der Waals surface area contributed by atoms with Gasteiger partial charge in [-0.3, -0.25) is 14.5 Å². The molecule has 0 saturated heterocycles. The van der Waals surface area contributed by atoms with E-state index in [-0.39, 0.29) is 24.7 Å². The lowest BCUT2D eigenvalue weighted by molar-refractivity contribution is -0.119. The van der Waals surface area contributed by atoms with E-state index < -0.39 is 11.7 Å². The molecule has 132 valence electrons.